The van der Waals surface area contributed by atoms with Crippen molar-refractivity contribution >= 4 is 27.6 Å². The van der Waals surface area contributed by atoms with Crippen LogP contribution in [0.2, 0.25) is 0 Å². The Bertz CT molecular complexity index is 1150. The number of allylic oxidation sites excluding steroid dienone is 1. The number of fused-ring (bicyclic) bond motifs is 4. The van der Waals surface area contributed by atoms with Gasteiger partial charge in [0.2, 0.25) is 0 Å². The van der Waals surface area contributed by atoms with Crippen LogP contribution in [0.5, 0.6) is 0 Å². The molecule has 1 aliphatic rings. The van der Waals surface area contributed by atoms with Gasteiger partial charge < -0.3 is 29.9 Å². The number of halogens is 2. The summed E-state index contributed by atoms with van der Waals surface area (Å²) in [6.07, 6.45) is 4.08. The van der Waals surface area contributed by atoms with Crippen molar-refractivity contribution in [2.45, 2.75) is 18.8 Å². The average Bonchev–Trinajstić information content (AvgIpc) is 3.24. The first-order valence-electron chi connectivity index (χ1n) is 9.34. The fourth-order valence-electron chi connectivity index (χ4n) is 4.51. The summed E-state index contributed by atoms with van der Waals surface area (Å²) in [7, 11) is 0. The topological polar surface area (TPSA) is 20.2 Å². The number of aliphatic hydroxyl groups is 1. The molecule has 4 heteroatoms. The summed E-state index contributed by atoms with van der Waals surface area (Å²) in [5.74, 6) is 0.290. The van der Waals surface area contributed by atoms with E-state index >= 15 is 0 Å². The van der Waals surface area contributed by atoms with Gasteiger partial charge in [0.05, 0.1) is 0 Å². The molecule has 0 amide bonds. The Morgan fingerprint density at radius 1 is 0.793 bits per heavy atom. The summed E-state index contributed by atoms with van der Waals surface area (Å²) in [6.45, 7) is 0.241. The van der Waals surface area contributed by atoms with Gasteiger partial charge in [-0.05, 0) is 24.0 Å². The van der Waals surface area contributed by atoms with Gasteiger partial charge >= 0.3 is 26.2 Å². The van der Waals surface area contributed by atoms with Crippen LogP contribution in [-0.2, 0) is 26.2 Å². The van der Waals surface area contributed by atoms with Crippen molar-refractivity contribution in [2.75, 3.05) is 6.61 Å². The molecule has 0 bridgehead atoms. The molecule has 5 rings (SSSR count). The molecule has 0 saturated heterocycles. The van der Waals surface area contributed by atoms with Gasteiger partial charge in [-0.3, -0.25) is 0 Å². The molecular weight excluding hydrogens is 478 g/mol. The Morgan fingerprint density at radius 2 is 1.48 bits per heavy atom. The summed E-state index contributed by atoms with van der Waals surface area (Å²) >= 11 is 0. The Labute approximate surface area is 203 Å². The third kappa shape index (κ3) is 4.14. The average molecular weight is 500 g/mol. The molecule has 4 aromatic rings. The van der Waals surface area contributed by atoms with Gasteiger partial charge in [-0.2, -0.15) is 0 Å². The quantitative estimate of drug-likeness (QED) is 0.393. The van der Waals surface area contributed by atoms with Crippen molar-refractivity contribution in [3.63, 3.8) is 0 Å². The molecule has 1 nitrogen and oxygen atoms in total. The van der Waals surface area contributed by atoms with Gasteiger partial charge in [-0.15, -0.1) is 33.7 Å². The summed E-state index contributed by atoms with van der Waals surface area (Å²) in [6, 6.07) is 26.4. The number of hydrogen-bond acceptors (Lipinski definition) is 1. The Balaban J connectivity index is 0.000001000. The van der Waals surface area contributed by atoms with Gasteiger partial charge in [0.25, 0.3) is 0 Å². The smallest absolute Gasteiger partial charge is 1.00 e. The zero-order chi connectivity index (χ0) is 17.5. The van der Waals surface area contributed by atoms with Crippen LogP contribution < -0.4 is 24.8 Å². The number of rotatable bonds is 4. The maximum atomic E-state index is 9.34. The molecular formula is C25H21Cl2OZr. The van der Waals surface area contributed by atoms with Crippen molar-refractivity contribution in [2.24, 2.45) is 0 Å². The van der Waals surface area contributed by atoms with Crippen LogP contribution in [0.3, 0.4) is 0 Å². The Kier molecular flexibility index (Phi) is 8.38. The Hall–Kier alpha value is -1.31. The van der Waals surface area contributed by atoms with Crippen LogP contribution in [0, 0.1) is 0 Å². The van der Waals surface area contributed by atoms with Crippen LogP contribution in [0.25, 0.3) is 27.6 Å². The van der Waals surface area contributed by atoms with E-state index in [4.69, 9.17) is 0 Å². The molecule has 0 spiro atoms. The van der Waals surface area contributed by atoms with Gasteiger partial charge in [0.1, 0.15) is 0 Å². The second kappa shape index (κ2) is 10.1. The fraction of sp³-hybridized carbons (Fsp3) is 0.160. The molecule has 1 radical (unpaired) electrons. The van der Waals surface area contributed by atoms with Crippen LogP contribution >= 0.6 is 0 Å². The van der Waals surface area contributed by atoms with Crippen LogP contribution in [0.15, 0.2) is 78.4 Å². The van der Waals surface area contributed by atoms with E-state index in [0.717, 1.165) is 12.8 Å². The molecule has 145 valence electrons. The van der Waals surface area contributed by atoms with E-state index in [9.17, 15) is 5.11 Å². The molecule has 29 heavy (non-hydrogen) atoms. The molecule has 1 N–H and O–H groups in total. The maximum Gasteiger partial charge on any atom is 3.00 e. The second-order valence-corrected chi connectivity index (χ2v) is 7.15. The second-order valence-electron chi connectivity index (χ2n) is 7.15. The first-order valence-corrected chi connectivity index (χ1v) is 9.34. The van der Waals surface area contributed by atoms with Crippen LogP contribution in [0.4, 0.5) is 0 Å². The number of benzene rings is 3. The zero-order valence-corrected chi connectivity index (χ0v) is 19.9. The van der Waals surface area contributed by atoms with E-state index in [1.165, 1.54) is 43.8 Å². The number of aliphatic hydroxyl groups excluding tert-OH is 1. The largest absolute Gasteiger partial charge is 3.00 e. The monoisotopic (exact) mass is 497 g/mol. The molecule has 0 saturated carbocycles. The first-order chi connectivity index (χ1) is 12.9. The number of hydrogen-bond donors (Lipinski definition) is 1. The van der Waals surface area contributed by atoms with E-state index < -0.39 is 0 Å². The maximum absolute atomic E-state index is 9.34. The minimum absolute atomic E-state index is 0. The predicted molar refractivity (Wildman–Crippen MR) is 110 cm³/mol. The SMILES string of the molecule is OCCCC1=Cc2ccccc2C1c1cccc2c1[cH-]c1ccccc12.[Cl-].[Cl-].[Zr+3]. The van der Waals surface area contributed by atoms with Crippen molar-refractivity contribution < 1.29 is 56.1 Å². The molecule has 1 unspecified atom stereocenters. The molecule has 0 heterocycles. The van der Waals surface area contributed by atoms with Gasteiger partial charge in [0.15, 0.2) is 0 Å². The van der Waals surface area contributed by atoms with E-state index in [0.29, 0.717) is 5.92 Å². The summed E-state index contributed by atoms with van der Waals surface area (Å²) in [5, 5.41) is 14.7. The van der Waals surface area contributed by atoms with Crippen molar-refractivity contribution in [1.82, 2.24) is 0 Å². The van der Waals surface area contributed by atoms with E-state index in [-0.39, 0.29) is 57.6 Å². The summed E-state index contributed by atoms with van der Waals surface area (Å²) in [4.78, 5) is 0. The van der Waals surface area contributed by atoms with E-state index in [1.807, 2.05) is 0 Å². The van der Waals surface area contributed by atoms with E-state index in [1.54, 1.807) is 0 Å². The summed E-state index contributed by atoms with van der Waals surface area (Å²) in [5.41, 5.74) is 5.50. The molecule has 4 aromatic carbocycles. The van der Waals surface area contributed by atoms with Crippen LogP contribution in [-0.4, -0.2) is 11.7 Å². The molecule has 0 aromatic heterocycles. The van der Waals surface area contributed by atoms with Crippen LogP contribution in [0.1, 0.15) is 35.4 Å². The minimum atomic E-state index is 0. The molecule has 0 fully saturated rings. The van der Waals surface area contributed by atoms with Gasteiger partial charge in [0, 0.05) is 12.5 Å². The molecule has 1 aliphatic carbocycles. The fourth-order valence-corrected chi connectivity index (χ4v) is 4.51. The Morgan fingerprint density at radius 3 is 2.31 bits per heavy atom. The molecule has 1 atom stereocenters. The van der Waals surface area contributed by atoms with Crippen molar-refractivity contribution in [1.29, 1.82) is 0 Å². The normalized spacial score (nSPS) is 14.5. The molecule has 0 aliphatic heterocycles. The minimum Gasteiger partial charge on any atom is -1.00 e. The third-order valence-corrected chi connectivity index (χ3v) is 5.64. The predicted octanol–water partition coefficient (Wildman–Crippen LogP) is 0.0188. The third-order valence-electron chi connectivity index (χ3n) is 5.64. The van der Waals surface area contributed by atoms with E-state index in [2.05, 4.69) is 78.9 Å². The standard InChI is InChI=1S/C25H21O.2ClH.Zr/c26-14-6-9-19-15-17-7-2-4-11-21(17)25(19)23-13-5-12-22-20-10-3-1-8-18(20)16-24(22)23;;;/h1-5,7-8,10-13,15-16,25-26H,6,9,14H2;2*1H;/q-1;;;+3/p-2. The van der Waals surface area contributed by atoms with Gasteiger partial charge in [-0.25, -0.2) is 0 Å². The van der Waals surface area contributed by atoms with Gasteiger partial charge in [-0.1, -0.05) is 77.9 Å². The van der Waals surface area contributed by atoms with Crippen molar-refractivity contribution in [3.8, 4) is 0 Å². The summed E-state index contributed by atoms with van der Waals surface area (Å²) < 4.78 is 0. The zero-order valence-electron chi connectivity index (χ0n) is 15.9. The van der Waals surface area contributed by atoms with Crippen molar-refractivity contribution in [3.05, 3.63) is 95.1 Å². The first kappa shape index (κ1) is 24.0.